The first-order chi connectivity index (χ1) is 9.63. The normalized spacial score (nSPS) is 16.6. The number of likely N-dealkylation sites (N-methyl/N-ethyl adjacent to an activating group) is 1. The van der Waals surface area contributed by atoms with Gasteiger partial charge in [-0.25, -0.2) is 0 Å². The van der Waals surface area contributed by atoms with Gasteiger partial charge in [-0.05, 0) is 53.0 Å². The molecule has 1 fully saturated rings. The zero-order chi connectivity index (χ0) is 14.1. The molecule has 3 rings (SSSR count). The lowest BCUT2D eigenvalue weighted by Gasteiger charge is -2.31. The van der Waals surface area contributed by atoms with Gasteiger partial charge in [-0.3, -0.25) is 0 Å². The van der Waals surface area contributed by atoms with Crippen molar-refractivity contribution in [3.8, 4) is 17.2 Å². The van der Waals surface area contributed by atoms with E-state index >= 15 is 0 Å². The first-order valence-corrected chi connectivity index (χ1v) is 7.47. The third-order valence-electron chi connectivity index (χ3n) is 3.39. The van der Waals surface area contributed by atoms with Gasteiger partial charge in [-0.15, -0.1) is 0 Å². The topological polar surface area (TPSA) is 65.6 Å². The molecule has 7 heteroatoms. The third-order valence-corrected chi connectivity index (χ3v) is 4.06. The highest BCUT2D eigenvalue weighted by molar-refractivity contribution is 14.1. The molecule has 106 valence electrons. The Bertz CT molecular complexity index is 608. The van der Waals surface area contributed by atoms with Gasteiger partial charge >= 0.3 is 0 Å². The number of piperazine rings is 1. The summed E-state index contributed by atoms with van der Waals surface area (Å²) in [5, 5.41) is 13.9. The molecule has 1 saturated heterocycles. The van der Waals surface area contributed by atoms with Crippen molar-refractivity contribution in [2.45, 2.75) is 0 Å². The number of nitrogens with zero attached hydrogens (tertiary/aromatic N) is 4. The molecule has 1 aliphatic heterocycles. The van der Waals surface area contributed by atoms with Crippen LogP contribution in [0.1, 0.15) is 0 Å². The molecule has 0 unspecified atom stereocenters. The minimum absolute atomic E-state index is 0.152. The molecule has 2 aromatic rings. The van der Waals surface area contributed by atoms with Crippen LogP contribution in [0, 0.1) is 3.57 Å². The molecular weight excluding hydrogens is 371 g/mol. The lowest BCUT2D eigenvalue weighted by Crippen LogP contribution is -2.44. The number of halogens is 1. The highest BCUT2D eigenvalue weighted by Gasteiger charge is 2.20. The predicted molar refractivity (Wildman–Crippen MR) is 83.8 cm³/mol. The van der Waals surface area contributed by atoms with Crippen LogP contribution in [0.2, 0.25) is 0 Å². The van der Waals surface area contributed by atoms with Crippen molar-refractivity contribution in [1.82, 2.24) is 15.0 Å². The Labute approximate surface area is 130 Å². The zero-order valence-electron chi connectivity index (χ0n) is 11.1. The van der Waals surface area contributed by atoms with Crippen molar-refractivity contribution >= 4 is 28.5 Å². The Hall–Kier alpha value is -1.35. The van der Waals surface area contributed by atoms with Crippen LogP contribution < -0.4 is 4.90 Å². The van der Waals surface area contributed by atoms with Gasteiger partial charge in [0.1, 0.15) is 5.75 Å². The average molecular weight is 386 g/mol. The van der Waals surface area contributed by atoms with Crippen LogP contribution in [-0.2, 0) is 0 Å². The molecule has 0 aliphatic carbocycles. The van der Waals surface area contributed by atoms with Crippen molar-refractivity contribution in [1.29, 1.82) is 0 Å². The average Bonchev–Trinajstić information content (AvgIpc) is 2.92. The maximum Gasteiger partial charge on any atom is 0.266 e. The van der Waals surface area contributed by atoms with Gasteiger partial charge in [0.2, 0.25) is 0 Å². The van der Waals surface area contributed by atoms with Gasteiger partial charge < -0.3 is 19.4 Å². The van der Waals surface area contributed by atoms with Crippen molar-refractivity contribution in [2.24, 2.45) is 0 Å². The third kappa shape index (κ3) is 2.73. The molecule has 0 radical (unpaired) electrons. The second-order valence-corrected chi connectivity index (χ2v) is 6.10. The SMILES string of the molecule is CN1CCN(c2noc(-c3cc(I)ccc3O)n2)CC1. The number of benzene rings is 1. The largest absolute Gasteiger partial charge is 0.507 e. The summed E-state index contributed by atoms with van der Waals surface area (Å²) < 4.78 is 6.30. The second-order valence-electron chi connectivity index (χ2n) is 4.85. The Morgan fingerprint density at radius 2 is 2.00 bits per heavy atom. The molecule has 1 aliphatic rings. The van der Waals surface area contributed by atoms with Gasteiger partial charge in [0.15, 0.2) is 0 Å². The summed E-state index contributed by atoms with van der Waals surface area (Å²) in [4.78, 5) is 8.76. The predicted octanol–water partition coefficient (Wildman–Crippen LogP) is 1.80. The number of phenols is 1. The lowest BCUT2D eigenvalue weighted by molar-refractivity contribution is 0.309. The summed E-state index contributed by atoms with van der Waals surface area (Å²) in [7, 11) is 2.10. The fraction of sp³-hybridized carbons (Fsp3) is 0.385. The second kappa shape index (κ2) is 5.57. The lowest BCUT2D eigenvalue weighted by atomic mass is 10.2. The van der Waals surface area contributed by atoms with Gasteiger partial charge in [0, 0.05) is 29.7 Å². The number of rotatable bonds is 2. The molecule has 1 aromatic carbocycles. The van der Waals surface area contributed by atoms with Crippen molar-refractivity contribution in [3.05, 3.63) is 21.8 Å². The fourth-order valence-electron chi connectivity index (χ4n) is 2.14. The van der Waals surface area contributed by atoms with E-state index in [0.29, 0.717) is 17.4 Å². The first kappa shape index (κ1) is 13.6. The van der Waals surface area contributed by atoms with E-state index in [1.807, 2.05) is 12.1 Å². The molecule has 1 aromatic heterocycles. The molecule has 0 spiro atoms. The zero-order valence-corrected chi connectivity index (χ0v) is 13.2. The Morgan fingerprint density at radius 3 is 2.75 bits per heavy atom. The summed E-state index contributed by atoms with van der Waals surface area (Å²) >= 11 is 2.18. The van der Waals surface area contributed by atoms with Crippen LogP contribution in [0.3, 0.4) is 0 Å². The van der Waals surface area contributed by atoms with E-state index in [4.69, 9.17) is 4.52 Å². The van der Waals surface area contributed by atoms with E-state index in [2.05, 4.69) is 49.6 Å². The van der Waals surface area contributed by atoms with Gasteiger partial charge in [-0.2, -0.15) is 4.98 Å². The number of hydrogen-bond acceptors (Lipinski definition) is 6. The van der Waals surface area contributed by atoms with E-state index in [1.165, 1.54) is 0 Å². The molecule has 6 nitrogen and oxygen atoms in total. The van der Waals surface area contributed by atoms with Gasteiger partial charge in [0.25, 0.3) is 11.8 Å². The highest BCUT2D eigenvalue weighted by atomic mass is 127. The number of aromatic hydroxyl groups is 1. The number of anilines is 1. The first-order valence-electron chi connectivity index (χ1n) is 6.39. The standard InChI is InChI=1S/C13H15IN4O2/c1-17-4-6-18(7-5-17)13-15-12(20-16-13)10-8-9(14)2-3-11(10)19/h2-3,8,19H,4-7H2,1H3. The molecule has 1 N–H and O–H groups in total. The van der Waals surface area contributed by atoms with Crippen molar-refractivity contribution in [3.63, 3.8) is 0 Å². The molecule has 0 amide bonds. The smallest absolute Gasteiger partial charge is 0.266 e. The Morgan fingerprint density at radius 1 is 1.25 bits per heavy atom. The number of phenolic OH excluding ortho intramolecular Hbond substituents is 1. The fourth-order valence-corrected chi connectivity index (χ4v) is 2.63. The summed E-state index contributed by atoms with van der Waals surface area (Å²) in [5.41, 5.74) is 0.574. The summed E-state index contributed by atoms with van der Waals surface area (Å²) in [6.07, 6.45) is 0. The number of hydrogen-bond donors (Lipinski definition) is 1. The molecule has 0 bridgehead atoms. The molecule has 0 atom stereocenters. The Balaban J connectivity index is 1.85. The molecule has 0 saturated carbocycles. The van der Waals surface area contributed by atoms with Gasteiger partial charge in [-0.1, -0.05) is 0 Å². The summed E-state index contributed by atoms with van der Waals surface area (Å²) in [6, 6.07) is 5.30. The van der Waals surface area contributed by atoms with Crippen molar-refractivity contribution < 1.29 is 9.63 Å². The molecule has 20 heavy (non-hydrogen) atoms. The molecule has 2 heterocycles. The molecular formula is C13H15IN4O2. The highest BCUT2D eigenvalue weighted by Crippen LogP contribution is 2.30. The van der Waals surface area contributed by atoms with Crippen LogP contribution in [0.4, 0.5) is 5.95 Å². The van der Waals surface area contributed by atoms with Gasteiger partial charge in [0.05, 0.1) is 5.56 Å². The summed E-state index contributed by atoms with van der Waals surface area (Å²) in [6.45, 7) is 3.73. The maximum atomic E-state index is 9.89. The quantitative estimate of drug-likeness (QED) is 0.795. The van der Waals surface area contributed by atoms with E-state index in [0.717, 1.165) is 29.7 Å². The monoisotopic (exact) mass is 386 g/mol. The van der Waals surface area contributed by atoms with Crippen LogP contribution in [0.15, 0.2) is 22.7 Å². The van der Waals surface area contributed by atoms with E-state index < -0.39 is 0 Å². The van der Waals surface area contributed by atoms with E-state index in [-0.39, 0.29) is 5.75 Å². The minimum atomic E-state index is 0.152. The van der Waals surface area contributed by atoms with Crippen LogP contribution in [0.25, 0.3) is 11.5 Å². The number of aromatic nitrogens is 2. The van der Waals surface area contributed by atoms with E-state index in [1.54, 1.807) is 6.07 Å². The van der Waals surface area contributed by atoms with Crippen molar-refractivity contribution in [2.75, 3.05) is 38.1 Å². The summed E-state index contributed by atoms with van der Waals surface area (Å²) in [5.74, 6) is 1.10. The van der Waals surface area contributed by atoms with Crippen LogP contribution in [0.5, 0.6) is 5.75 Å². The Kier molecular flexibility index (Phi) is 3.79. The van der Waals surface area contributed by atoms with Crippen LogP contribution >= 0.6 is 22.6 Å². The minimum Gasteiger partial charge on any atom is -0.507 e. The maximum absolute atomic E-state index is 9.89. The van der Waals surface area contributed by atoms with Crippen LogP contribution in [-0.4, -0.2) is 53.4 Å². The van der Waals surface area contributed by atoms with E-state index in [9.17, 15) is 5.11 Å².